The molecule has 0 fully saturated rings. The molecule has 0 heterocycles. The van der Waals surface area contributed by atoms with Crippen LogP contribution in [-0.4, -0.2) is 15.9 Å². The molecule has 1 unspecified atom stereocenters. The van der Waals surface area contributed by atoms with Gasteiger partial charge in [-0.05, 0) is 39.7 Å². The molecular formula is C15H15BrN2O2S. The van der Waals surface area contributed by atoms with Gasteiger partial charge >= 0.3 is 0 Å². The standard InChI is InChI=1S/C15H15BrN2O2S/c16-12-6-2-4-8-14(12)21(20)10-15(19)18-13-7-3-1-5-11(13)9-17/h1-8H,9-10,17H2,(H,18,19). The predicted molar refractivity (Wildman–Crippen MR) is 88.4 cm³/mol. The van der Waals surface area contributed by atoms with Crippen LogP contribution in [0.4, 0.5) is 5.69 Å². The first-order chi connectivity index (χ1) is 10.1. The zero-order chi connectivity index (χ0) is 15.2. The molecule has 2 aromatic carbocycles. The number of benzene rings is 2. The molecule has 1 amide bonds. The molecule has 3 N–H and O–H groups in total. The molecule has 0 aliphatic carbocycles. The summed E-state index contributed by atoms with van der Waals surface area (Å²) in [5, 5.41) is 2.75. The lowest BCUT2D eigenvalue weighted by Crippen LogP contribution is -2.20. The van der Waals surface area contributed by atoms with Crippen LogP contribution in [0, 0.1) is 0 Å². The van der Waals surface area contributed by atoms with Crippen molar-refractivity contribution in [2.75, 3.05) is 11.1 Å². The second kappa shape index (κ2) is 7.49. The third-order valence-electron chi connectivity index (χ3n) is 2.86. The quantitative estimate of drug-likeness (QED) is 0.854. The summed E-state index contributed by atoms with van der Waals surface area (Å²) in [6, 6.07) is 14.5. The summed E-state index contributed by atoms with van der Waals surface area (Å²) in [5.74, 6) is -0.397. The molecule has 0 saturated carbocycles. The Morgan fingerprint density at radius 3 is 2.52 bits per heavy atom. The van der Waals surface area contributed by atoms with Crippen molar-refractivity contribution in [1.82, 2.24) is 0 Å². The summed E-state index contributed by atoms with van der Waals surface area (Å²) >= 11 is 3.34. The summed E-state index contributed by atoms with van der Waals surface area (Å²) in [5.41, 5.74) is 7.13. The van der Waals surface area contributed by atoms with Gasteiger partial charge in [-0.15, -0.1) is 0 Å². The van der Waals surface area contributed by atoms with Crippen LogP contribution in [-0.2, 0) is 22.1 Å². The van der Waals surface area contributed by atoms with Crippen LogP contribution in [0.2, 0.25) is 0 Å². The molecule has 1 atom stereocenters. The van der Waals surface area contributed by atoms with Crippen molar-refractivity contribution >= 4 is 38.3 Å². The van der Waals surface area contributed by atoms with Crippen molar-refractivity contribution in [3.05, 3.63) is 58.6 Å². The number of hydrogen-bond acceptors (Lipinski definition) is 3. The molecule has 2 rings (SSSR count). The van der Waals surface area contributed by atoms with E-state index in [1.54, 1.807) is 24.3 Å². The van der Waals surface area contributed by atoms with E-state index in [2.05, 4.69) is 21.2 Å². The van der Waals surface area contributed by atoms with Crippen molar-refractivity contribution in [3.8, 4) is 0 Å². The highest BCUT2D eigenvalue weighted by Gasteiger charge is 2.13. The molecule has 2 aromatic rings. The Kier molecular flexibility index (Phi) is 5.67. The summed E-state index contributed by atoms with van der Waals surface area (Å²) in [7, 11) is -1.40. The molecule has 110 valence electrons. The average molecular weight is 367 g/mol. The summed E-state index contributed by atoms with van der Waals surface area (Å²) in [6.45, 7) is 0.337. The number of halogens is 1. The maximum atomic E-state index is 12.2. The number of carbonyl (C=O) groups is 1. The number of anilines is 1. The number of amides is 1. The fourth-order valence-corrected chi connectivity index (χ4v) is 3.64. The lowest BCUT2D eigenvalue weighted by atomic mass is 10.2. The molecule has 0 aliphatic heterocycles. The topological polar surface area (TPSA) is 72.2 Å². The van der Waals surface area contributed by atoms with Crippen molar-refractivity contribution in [1.29, 1.82) is 0 Å². The Bertz CT molecular complexity index is 676. The molecule has 0 bridgehead atoms. The molecule has 6 heteroatoms. The number of carbonyl (C=O) groups excluding carboxylic acids is 1. The summed E-state index contributed by atoms with van der Waals surface area (Å²) < 4.78 is 13.0. The SMILES string of the molecule is NCc1ccccc1NC(=O)CS(=O)c1ccccc1Br. The van der Waals surface area contributed by atoms with Gasteiger partial charge in [0.15, 0.2) is 0 Å². The molecule has 0 aromatic heterocycles. The monoisotopic (exact) mass is 366 g/mol. The van der Waals surface area contributed by atoms with E-state index in [-0.39, 0.29) is 11.7 Å². The molecule has 0 radical (unpaired) electrons. The van der Waals surface area contributed by atoms with Gasteiger partial charge in [-0.2, -0.15) is 0 Å². The zero-order valence-electron chi connectivity index (χ0n) is 11.2. The highest BCUT2D eigenvalue weighted by atomic mass is 79.9. The second-order valence-corrected chi connectivity index (χ2v) is 6.60. The van der Waals surface area contributed by atoms with Crippen LogP contribution in [0.5, 0.6) is 0 Å². The van der Waals surface area contributed by atoms with Gasteiger partial charge in [-0.25, -0.2) is 0 Å². The van der Waals surface area contributed by atoms with Crippen LogP contribution >= 0.6 is 15.9 Å². The van der Waals surface area contributed by atoms with Crippen LogP contribution in [0.1, 0.15) is 5.56 Å². The first-order valence-electron chi connectivity index (χ1n) is 6.32. The zero-order valence-corrected chi connectivity index (χ0v) is 13.6. The van der Waals surface area contributed by atoms with Crippen LogP contribution in [0.3, 0.4) is 0 Å². The van der Waals surface area contributed by atoms with Crippen molar-refractivity contribution < 1.29 is 9.00 Å². The van der Waals surface area contributed by atoms with E-state index in [1.165, 1.54) is 0 Å². The van der Waals surface area contributed by atoms with Crippen LogP contribution in [0.15, 0.2) is 57.9 Å². The maximum absolute atomic E-state index is 12.2. The van der Waals surface area contributed by atoms with Gasteiger partial charge in [-0.3, -0.25) is 9.00 Å². The Morgan fingerprint density at radius 1 is 1.14 bits per heavy atom. The molecule has 0 aliphatic rings. The van der Waals surface area contributed by atoms with E-state index in [1.807, 2.05) is 24.3 Å². The van der Waals surface area contributed by atoms with Crippen LogP contribution in [0.25, 0.3) is 0 Å². The maximum Gasteiger partial charge on any atom is 0.237 e. The second-order valence-electron chi connectivity index (χ2n) is 4.33. The molecule has 21 heavy (non-hydrogen) atoms. The van der Waals surface area contributed by atoms with Crippen molar-refractivity contribution in [2.45, 2.75) is 11.4 Å². The smallest absolute Gasteiger partial charge is 0.237 e. The van der Waals surface area contributed by atoms with Gasteiger partial charge in [0.1, 0.15) is 5.75 Å². The van der Waals surface area contributed by atoms with Gasteiger partial charge in [-0.1, -0.05) is 30.3 Å². The molecule has 0 saturated heterocycles. The highest BCUT2D eigenvalue weighted by molar-refractivity contribution is 9.10. The van der Waals surface area contributed by atoms with Crippen molar-refractivity contribution in [2.24, 2.45) is 5.73 Å². The number of nitrogens with one attached hydrogen (secondary N) is 1. The minimum atomic E-state index is -1.40. The third-order valence-corrected chi connectivity index (χ3v) is 5.18. The van der Waals surface area contributed by atoms with E-state index in [9.17, 15) is 9.00 Å². The van der Waals surface area contributed by atoms with Gasteiger partial charge in [0, 0.05) is 16.7 Å². The van der Waals surface area contributed by atoms with Gasteiger partial charge in [0.2, 0.25) is 5.91 Å². The minimum Gasteiger partial charge on any atom is -0.326 e. The largest absolute Gasteiger partial charge is 0.326 e. The minimum absolute atomic E-state index is 0.0957. The van der Waals surface area contributed by atoms with Gasteiger partial charge in [0.05, 0.1) is 15.7 Å². The first kappa shape index (κ1) is 15.9. The first-order valence-corrected chi connectivity index (χ1v) is 8.43. The van der Waals surface area contributed by atoms with Crippen LogP contribution < -0.4 is 11.1 Å². The number of nitrogens with two attached hydrogens (primary N) is 1. The lowest BCUT2D eigenvalue weighted by molar-refractivity contribution is -0.113. The lowest BCUT2D eigenvalue weighted by Gasteiger charge is -2.10. The van der Waals surface area contributed by atoms with E-state index < -0.39 is 10.8 Å². The van der Waals surface area contributed by atoms with E-state index >= 15 is 0 Å². The Labute approximate surface area is 134 Å². The normalized spacial score (nSPS) is 11.9. The Hall–Kier alpha value is -1.50. The van der Waals surface area contributed by atoms with E-state index in [4.69, 9.17) is 5.73 Å². The van der Waals surface area contributed by atoms with E-state index in [0.717, 1.165) is 10.0 Å². The number of hydrogen-bond donors (Lipinski definition) is 2. The Balaban J connectivity index is 2.05. The number of rotatable bonds is 5. The fraction of sp³-hybridized carbons (Fsp3) is 0.133. The molecular weight excluding hydrogens is 352 g/mol. The predicted octanol–water partition coefficient (Wildman–Crippen LogP) is 2.65. The Morgan fingerprint density at radius 2 is 1.81 bits per heavy atom. The number of para-hydroxylation sites is 1. The average Bonchev–Trinajstić information content (AvgIpc) is 2.48. The van der Waals surface area contributed by atoms with E-state index in [0.29, 0.717) is 17.1 Å². The highest BCUT2D eigenvalue weighted by Crippen LogP contribution is 2.20. The van der Waals surface area contributed by atoms with Crippen molar-refractivity contribution in [3.63, 3.8) is 0 Å². The molecule has 4 nitrogen and oxygen atoms in total. The molecule has 0 spiro atoms. The van der Waals surface area contributed by atoms with Gasteiger partial charge < -0.3 is 11.1 Å². The fourth-order valence-electron chi connectivity index (χ4n) is 1.83. The third kappa shape index (κ3) is 4.23. The summed E-state index contributed by atoms with van der Waals surface area (Å²) in [4.78, 5) is 12.6. The van der Waals surface area contributed by atoms with Gasteiger partial charge in [0.25, 0.3) is 0 Å². The summed E-state index contributed by atoms with van der Waals surface area (Å²) in [6.07, 6.45) is 0.